The fourth-order valence-electron chi connectivity index (χ4n) is 5.24. The van der Waals surface area contributed by atoms with Crippen molar-refractivity contribution >= 4 is 6.08 Å². The lowest BCUT2D eigenvalue weighted by molar-refractivity contribution is 0.0327. The summed E-state index contributed by atoms with van der Waals surface area (Å²) in [4.78, 5) is 0. The van der Waals surface area contributed by atoms with E-state index in [0.717, 1.165) is 13.0 Å². The zero-order valence-corrected chi connectivity index (χ0v) is 16.6. The van der Waals surface area contributed by atoms with E-state index in [1.54, 1.807) is 0 Å². The summed E-state index contributed by atoms with van der Waals surface area (Å²) in [6.07, 6.45) is 11.4. The van der Waals surface area contributed by atoms with Gasteiger partial charge in [0.25, 0.3) is 0 Å². The number of hydrogen-bond acceptors (Lipinski definition) is 1. The topological polar surface area (TPSA) is 9.23 Å². The van der Waals surface area contributed by atoms with Crippen molar-refractivity contribution in [1.29, 1.82) is 0 Å². The van der Waals surface area contributed by atoms with Gasteiger partial charge in [-0.2, -0.15) is 0 Å². The fraction of sp³-hybridized carbons (Fsp3) is 0.214. The molecule has 0 unspecified atom stereocenters. The molecule has 144 valence electrons. The average molecular weight is 379 g/mol. The molecular weight excluding hydrogens is 352 g/mol. The van der Waals surface area contributed by atoms with Crippen LogP contribution in [0.3, 0.4) is 0 Å². The van der Waals surface area contributed by atoms with Crippen molar-refractivity contribution in [2.75, 3.05) is 6.61 Å². The molecule has 1 saturated carbocycles. The third kappa shape index (κ3) is 2.97. The summed E-state index contributed by atoms with van der Waals surface area (Å²) in [6.45, 7) is 0.781. The Balaban J connectivity index is 1.52. The number of ether oxygens (including phenoxy) is 1. The maximum Gasteiger partial charge on any atom is 0.0925 e. The van der Waals surface area contributed by atoms with Crippen LogP contribution >= 0.6 is 0 Å². The summed E-state index contributed by atoms with van der Waals surface area (Å²) in [5, 5.41) is 0. The van der Waals surface area contributed by atoms with E-state index in [1.165, 1.54) is 23.1 Å². The van der Waals surface area contributed by atoms with E-state index < -0.39 is 0 Å². The van der Waals surface area contributed by atoms with Crippen molar-refractivity contribution in [3.05, 3.63) is 126 Å². The van der Waals surface area contributed by atoms with E-state index in [-0.39, 0.29) is 16.9 Å². The number of allylic oxidation sites excluding steroid dienone is 2. The highest BCUT2D eigenvalue weighted by Crippen LogP contribution is 2.69. The van der Waals surface area contributed by atoms with Gasteiger partial charge in [-0.1, -0.05) is 115 Å². The number of benzene rings is 3. The Labute approximate surface area is 173 Å². The molecule has 0 aromatic heterocycles. The normalized spacial score (nSPS) is 28.5. The van der Waals surface area contributed by atoms with Crippen molar-refractivity contribution in [3.63, 3.8) is 0 Å². The van der Waals surface area contributed by atoms with E-state index in [4.69, 9.17) is 4.74 Å². The molecule has 3 aromatic carbocycles. The van der Waals surface area contributed by atoms with Gasteiger partial charge in [-0.15, -0.1) is 0 Å². The molecule has 0 bridgehead atoms. The van der Waals surface area contributed by atoms with E-state index >= 15 is 0 Å². The molecule has 29 heavy (non-hydrogen) atoms. The van der Waals surface area contributed by atoms with Crippen molar-refractivity contribution in [3.8, 4) is 0 Å². The van der Waals surface area contributed by atoms with Crippen LogP contribution in [-0.4, -0.2) is 6.61 Å². The quantitative estimate of drug-likeness (QED) is 0.446. The minimum atomic E-state index is -0.00324. The zero-order chi connectivity index (χ0) is 19.6. The maximum atomic E-state index is 6.53. The Hall–Kier alpha value is -2.90. The summed E-state index contributed by atoms with van der Waals surface area (Å²) < 4.78 is 6.53. The Morgan fingerprint density at radius 3 is 2.03 bits per heavy atom. The molecule has 1 aliphatic heterocycles. The standard InChI is InChI=1S/C28H26O/c1-4-12-23(13-5-1)14-10-11-19-27-20-21-28(27,25-17-8-3-9-18-25)22-29-26(27)24-15-6-2-7-16-24/h1-19,26H,20-22H2/b14-10+,19-11+/t26-,27+,28-/m1/s1. The van der Waals surface area contributed by atoms with E-state index in [0.29, 0.717) is 0 Å². The van der Waals surface area contributed by atoms with Gasteiger partial charge < -0.3 is 4.74 Å². The van der Waals surface area contributed by atoms with Gasteiger partial charge in [0.15, 0.2) is 0 Å². The van der Waals surface area contributed by atoms with E-state index in [2.05, 4.69) is 115 Å². The summed E-state index contributed by atoms with van der Waals surface area (Å²) in [5.74, 6) is 0. The van der Waals surface area contributed by atoms with Crippen LogP contribution < -0.4 is 0 Å². The van der Waals surface area contributed by atoms with Crippen LogP contribution in [-0.2, 0) is 10.2 Å². The molecule has 0 radical (unpaired) electrons. The van der Waals surface area contributed by atoms with Crippen molar-refractivity contribution in [1.82, 2.24) is 0 Å². The molecule has 1 heteroatoms. The monoisotopic (exact) mass is 378 g/mol. The largest absolute Gasteiger partial charge is 0.372 e. The van der Waals surface area contributed by atoms with Gasteiger partial charge >= 0.3 is 0 Å². The molecule has 0 amide bonds. The third-order valence-corrected chi connectivity index (χ3v) is 6.84. The molecule has 1 heterocycles. The van der Waals surface area contributed by atoms with Crippen LogP contribution in [0.1, 0.15) is 35.6 Å². The maximum absolute atomic E-state index is 6.53. The lowest BCUT2D eigenvalue weighted by Crippen LogP contribution is -2.53. The molecule has 3 aromatic rings. The Morgan fingerprint density at radius 2 is 1.38 bits per heavy atom. The van der Waals surface area contributed by atoms with Crippen molar-refractivity contribution in [2.24, 2.45) is 5.41 Å². The molecule has 3 atom stereocenters. The number of hydrogen-bond donors (Lipinski definition) is 0. The average Bonchev–Trinajstić information content (AvgIpc) is 3.00. The van der Waals surface area contributed by atoms with Crippen molar-refractivity contribution < 1.29 is 4.74 Å². The molecule has 0 N–H and O–H groups in total. The minimum Gasteiger partial charge on any atom is -0.372 e. The van der Waals surface area contributed by atoms with Gasteiger partial charge in [-0.25, -0.2) is 0 Å². The smallest absolute Gasteiger partial charge is 0.0925 e. The molecule has 1 nitrogen and oxygen atoms in total. The molecule has 5 rings (SSSR count). The number of fused-ring (bicyclic) bond motifs is 1. The summed E-state index contributed by atoms with van der Waals surface area (Å²) in [5.41, 5.74) is 3.96. The van der Waals surface area contributed by atoms with Gasteiger partial charge in [-0.3, -0.25) is 0 Å². The van der Waals surface area contributed by atoms with Gasteiger partial charge in [0.05, 0.1) is 12.7 Å². The second-order valence-electron chi connectivity index (χ2n) is 8.22. The van der Waals surface area contributed by atoms with Crippen LogP contribution in [0.2, 0.25) is 0 Å². The molecule has 2 aliphatic rings. The first kappa shape index (κ1) is 18.1. The van der Waals surface area contributed by atoms with Crippen LogP contribution in [0.25, 0.3) is 6.08 Å². The predicted octanol–water partition coefficient (Wildman–Crippen LogP) is 6.75. The number of rotatable bonds is 5. The molecule has 1 aliphatic carbocycles. The van der Waals surface area contributed by atoms with Crippen LogP contribution in [0, 0.1) is 5.41 Å². The zero-order valence-electron chi connectivity index (χ0n) is 16.6. The van der Waals surface area contributed by atoms with Gasteiger partial charge in [0, 0.05) is 10.8 Å². The minimum absolute atomic E-state index is 0.00324. The van der Waals surface area contributed by atoms with Crippen LogP contribution in [0.15, 0.2) is 109 Å². The van der Waals surface area contributed by atoms with E-state index in [9.17, 15) is 0 Å². The lowest BCUT2D eigenvalue weighted by Gasteiger charge is -2.55. The highest BCUT2D eigenvalue weighted by Gasteiger charge is 2.66. The third-order valence-electron chi connectivity index (χ3n) is 6.84. The Bertz CT molecular complexity index is 1010. The predicted molar refractivity (Wildman–Crippen MR) is 120 cm³/mol. The first-order valence-corrected chi connectivity index (χ1v) is 10.5. The molecule has 2 fully saturated rings. The molecular formula is C28H26O. The van der Waals surface area contributed by atoms with Crippen LogP contribution in [0.4, 0.5) is 0 Å². The first-order chi connectivity index (χ1) is 14.3. The second kappa shape index (κ2) is 7.50. The second-order valence-corrected chi connectivity index (χ2v) is 8.22. The van der Waals surface area contributed by atoms with Gasteiger partial charge in [0.1, 0.15) is 0 Å². The SMILES string of the molecule is C(/C=C/[C@@]12CC[C@]1(c1ccccc1)CO[C@@H]2c1ccccc1)=C\c1ccccc1. The van der Waals surface area contributed by atoms with Gasteiger partial charge in [0.2, 0.25) is 0 Å². The fourth-order valence-corrected chi connectivity index (χ4v) is 5.24. The summed E-state index contributed by atoms with van der Waals surface area (Å²) in [7, 11) is 0. The first-order valence-electron chi connectivity index (χ1n) is 10.5. The summed E-state index contributed by atoms with van der Waals surface area (Å²) >= 11 is 0. The Morgan fingerprint density at radius 1 is 0.724 bits per heavy atom. The summed E-state index contributed by atoms with van der Waals surface area (Å²) in [6, 6.07) is 32.2. The molecule has 0 spiro atoms. The highest BCUT2D eigenvalue weighted by atomic mass is 16.5. The highest BCUT2D eigenvalue weighted by molar-refractivity contribution is 5.51. The molecule has 1 saturated heterocycles. The van der Waals surface area contributed by atoms with Gasteiger partial charge in [-0.05, 0) is 29.5 Å². The van der Waals surface area contributed by atoms with E-state index in [1.807, 2.05) is 0 Å². The lowest BCUT2D eigenvalue weighted by atomic mass is 9.46. The van der Waals surface area contributed by atoms with Crippen molar-refractivity contribution in [2.45, 2.75) is 24.4 Å². The van der Waals surface area contributed by atoms with Crippen LogP contribution in [0.5, 0.6) is 0 Å². The Kier molecular flexibility index (Phi) is 4.69.